The summed E-state index contributed by atoms with van der Waals surface area (Å²) in [5.41, 5.74) is 7.45. The van der Waals surface area contributed by atoms with Crippen molar-refractivity contribution in [3.8, 4) is 0 Å². The fraction of sp³-hybridized carbons (Fsp3) is 0.167. The summed E-state index contributed by atoms with van der Waals surface area (Å²) in [5.74, 6) is 0.362. The molecule has 0 saturated carbocycles. The average molecular weight is 265 g/mol. The van der Waals surface area contributed by atoms with Gasteiger partial charge in [0, 0.05) is 17.3 Å². The Morgan fingerprint density at radius 3 is 2.89 bits per heavy atom. The summed E-state index contributed by atoms with van der Waals surface area (Å²) in [4.78, 5) is 0.147. The van der Waals surface area contributed by atoms with E-state index in [1.807, 2.05) is 13.0 Å². The number of benzene rings is 1. The summed E-state index contributed by atoms with van der Waals surface area (Å²) in [6.07, 6.45) is 0. The molecule has 4 nitrogen and oxygen atoms in total. The minimum Gasteiger partial charge on any atom is -0.389 e. The molecule has 0 amide bonds. The van der Waals surface area contributed by atoms with E-state index < -0.39 is 0 Å². The highest BCUT2D eigenvalue weighted by Gasteiger charge is 2.07. The van der Waals surface area contributed by atoms with Crippen molar-refractivity contribution < 1.29 is 8.91 Å². The van der Waals surface area contributed by atoms with E-state index in [2.05, 4.69) is 10.5 Å². The molecule has 2 rings (SSSR count). The van der Waals surface area contributed by atoms with Crippen LogP contribution in [0.3, 0.4) is 0 Å². The Labute approximate surface area is 109 Å². The molecule has 0 fully saturated rings. The van der Waals surface area contributed by atoms with Crippen molar-refractivity contribution in [2.24, 2.45) is 5.73 Å². The molecule has 1 aromatic carbocycles. The molecular formula is C12H12FN3OS. The molecule has 0 spiro atoms. The van der Waals surface area contributed by atoms with Gasteiger partial charge in [-0.2, -0.15) is 0 Å². The van der Waals surface area contributed by atoms with Gasteiger partial charge in [-0.05, 0) is 25.1 Å². The van der Waals surface area contributed by atoms with E-state index in [1.54, 1.807) is 6.07 Å². The highest BCUT2D eigenvalue weighted by Crippen LogP contribution is 2.18. The van der Waals surface area contributed by atoms with Crippen LogP contribution in [0.4, 0.5) is 10.1 Å². The molecular weight excluding hydrogens is 253 g/mol. The van der Waals surface area contributed by atoms with Gasteiger partial charge in [0.2, 0.25) is 0 Å². The highest BCUT2D eigenvalue weighted by molar-refractivity contribution is 7.80. The number of halogens is 1. The second-order valence-electron chi connectivity index (χ2n) is 3.84. The normalized spacial score (nSPS) is 10.3. The molecule has 3 N–H and O–H groups in total. The molecule has 0 bridgehead atoms. The van der Waals surface area contributed by atoms with E-state index in [4.69, 9.17) is 22.5 Å². The lowest BCUT2D eigenvalue weighted by Gasteiger charge is -2.09. The standard InChI is InChI=1S/C12H12FN3OS/c1-7-4-9(16-17-7)6-15-11-3-2-8(13)5-10(11)12(14)18/h2-5,15H,6H2,1H3,(H2,14,18). The van der Waals surface area contributed by atoms with Gasteiger partial charge >= 0.3 is 0 Å². The zero-order valence-corrected chi connectivity index (χ0v) is 10.6. The van der Waals surface area contributed by atoms with Gasteiger partial charge in [0.25, 0.3) is 0 Å². The van der Waals surface area contributed by atoms with E-state index >= 15 is 0 Å². The Morgan fingerprint density at radius 2 is 2.28 bits per heavy atom. The quantitative estimate of drug-likeness (QED) is 0.831. The molecule has 0 radical (unpaired) electrons. The first-order chi connectivity index (χ1) is 8.56. The third-order valence-corrected chi connectivity index (χ3v) is 2.60. The number of aromatic nitrogens is 1. The number of nitrogens with one attached hydrogen (secondary N) is 1. The van der Waals surface area contributed by atoms with Crippen molar-refractivity contribution in [1.29, 1.82) is 0 Å². The van der Waals surface area contributed by atoms with Crippen LogP contribution in [0.5, 0.6) is 0 Å². The van der Waals surface area contributed by atoms with Crippen LogP contribution in [0.15, 0.2) is 28.8 Å². The lowest BCUT2D eigenvalue weighted by atomic mass is 10.1. The van der Waals surface area contributed by atoms with E-state index in [0.717, 1.165) is 11.5 Å². The van der Waals surface area contributed by atoms with Gasteiger partial charge < -0.3 is 15.6 Å². The number of aryl methyl sites for hydroxylation is 1. The van der Waals surface area contributed by atoms with E-state index in [0.29, 0.717) is 17.8 Å². The Balaban J connectivity index is 2.16. The van der Waals surface area contributed by atoms with Gasteiger partial charge in [-0.15, -0.1) is 0 Å². The summed E-state index contributed by atoms with van der Waals surface area (Å²) < 4.78 is 18.1. The number of rotatable bonds is 4. The fourth-order valence-electron chi connectivity index (χ4n) is 1.56. The summed E-state index contributed by atoms with van der Waals surface area (Å²) in [6.45, 7) is 2.27. The van der Waals surface area contributed by atoms with Crippen LogP contribution in [-0.2, 0) is 6.54 Å². The number of nitrogens with two attached hydrogens (primary N) is 1. The zero-order chi connectivity index (χ0) is 13.1. The van der Waals surface area contributed by atoms with Crippen molar-refractivity contribution in [2.75, 3.05) is 5.32 Å². The van der Waals surface area contributed by atoms with Gasteiger partial charge in [0.1, 0.15) is 22.3 Å². The molecule has 18 heavy (non-hydrogen) atoms. The molecule has 0 aliphatic carbocycles. The number of hydrogen-bond donors (Lipinski definition) is 2. The SMILES string of the molecule is Cc1cc(CNc2ccc(F)cc2C(N)=S)no1. The molecule has 0 aliphatic heterocycles. The number of anilines is 1. The monoisotopic (exact) mass is 265 g/mol. The van der Waals surface area contributed by atoms with Gasteiger partial charge in [-0.25, -0.2) is 4.39 Å². The molecule has 2 aromatic rings. The zero-order valence-electron chi connectivity index (χ0n) is 9.74. The lowest BCUT2D eigenvalue weighted by Crippen LogP contribution is -2.13. The van der Waals surface area contributed by atoms with Crippen LogP contribution in [0.2, 0.25) is 0 Å². The van der Waals surface area contributed by atoms with Crippen LogP contribution < -0.4 is 11.1 Å². The summed E-state index contributed by atoms with van der Waals surface area (Å²) >= 11 is 4.88. The molecule has 0 aliphatic rings. The predicted octanol–water partition coefficient (Wildman–Crippen LogP) is 2.37. The topological polar surface area (TPSA) is 64.1 Å². The molecule has 1 heterocycles. The molecule has 6 heteroatoms. The van der Waals surface area contributed by atoms with E-state index in [-0.39, 0.29) is 10.8 Å². The number of nitrogens with zero attached hydrogens (tertiary/aromatic N) is 1. The van der Waals surface area contributed by atoms with Crippen LogP contribution >= 0.6 is 12.2 Å². The predicted molar refractivity (Wildman–Crippen MR) is 70.9 cm³/mol. The van der Waals surface area contributed by atoms with Crippen molar-refractivity contribution in [3.63, 3.8) is 0 Å². The second-order valence-corrected chi connectivity index (χ2v) is 4.28. The largest absolute Gasteiger partial charge is 0.389 e. The van der Waals surface area contributed by atoms with Gasteiger partial charge in [-0.1, -0.05) is 17.4 Å². The molecule has 0 atom stereocenters. The number of thiocarbonyl (C=S) groups is 1. The first-order valence-corrected chi connectivity index (χ1v) is 5.72. The lowest BCUT2D eigenvalue weighted by molar-refractivity contribution is 0.391. The fourth-order valence-corrected chi connectivity index (χ4v) is 1.73. The highest BCUT2D eigenvalue weighted by atomic mass is 32.1. The minimum atomic E-state index is -0.374. The van der Waals surface area contributed by atoms with Crippen molar-refractivity contribution in [3.05, 3.63) is 47.1 Å². The second kappa shape index (κ2) is 5.14. The van der Waals surface area contributed by atoms with E-state index in [1.165, 1.54) is 12.1 Å². The molecule has 1 aromatic heterocycles. The van der Waals surface area contributed by atoms with E-state index in [9.17, 15) is 4.39 Å². The Kier molecular flexibility index (Phi) is 3.57. The third-order valence-electron chi connectivity index (χ3n) is 2.38. The van der Waals surface area contributed by atoms with Gasteiger partial charge in [0.15, 0.2) is 0 Å². The van der Waals surface area contributed by atoms with Crippen molar-refractivity contribution in [1.82, 2.24) is 5.16 Å². The summed E-state index contributed by atoms with van der Waals surface area (Å²) in [5, 5.41) is 6.94. The smallest absolute Gasteiger partial charge is 0.133 e. The van der Waals surface area contributed by atoms with Crippen molar-refractivity contribution >= 4 is 22.9 Å². The van der Waals surface area contributed by atoms with Crippen LogP contribution in [0, 0.1) is 12.7 Å². The molecule has 94 valence electrons. The summed E-state index contributed by atoms with van der Waals surface area (Å²) in [6, 6.07) is 6.06. The average Bonchev–Trinajstić information content (AvgIpc) is 2.73. The minimum absolute atomic E-state index is 0.147. The third kappa shape index (κ3) is 2.84. The van der Waals surface area contributed by atoms with Crippen LogP contribution in [0.25, 0.3) is 0 Å². The Hall–Kier alpha value is -1.95. The first-order valence-electron chi connectivity index (χ1n) is 5.31. The maximum absolute atomic E-state index is 13.1. The summed E-state index contributed by atoms with van der Waals surface area (Å²) in [7, 11) is 0. The maximum Gasteiger partial charge on any atom is 0.133 e. The molecule has 0 saturated heterocycles. The molecule has 0 unspecified atom stereocenters. The van der Waals surface area contributed by atoms with Crippen LogP contribution in [-0.4, -0.2) is 10.1 Å². The number of hydrogen-bond acceptors (Lipinski definition) is 4. The van der Waals surface area contributed by atoms with Gasteiger partial charge in [0.05, 0.1) is 6.54 Å². The van der Waals surface area contributed by atoms with Crippen LogP contribution in [0.1, 0.15) is 17.0 Å². The Morgan fingerprint density at radius 1 is 1.50 bits per heavy atom. The maximum atomic E-state index is 13.1. The van der Waals surface area contributed by atoms with Crippen molar-refractivity contribution in [2.45, 2.75) is 13.5 Å². The Bertz CT molecular complexity index is 582. The van der Waals surface area contributed by atoms with Gasteiger partial charge in [-0.3, -0.25) is 0 Å². The first kappa shape index (κ1) is 12.5.